The number of thioether (sulfide) groups is 1. The topological polar surface area (TPSA) is 72.4 Å². The molecule has 0 bridgehead atoms. The van der Waals surface area contributed by atoms with Gasteiger partial charge >= 0.3 is 0 Å². The Labute approximate surface area is 150 Å². The number of hydrogen-bond acceptors (Lipinski definition) is 6. The van der Waals surface area contributed by atoms with Crippen LogP contribution in [0.2, 0.25) is 0 Å². The number of nitrogens with two attached hydrogens (primary N) is 1. The van der Waals surface area contributed by atoms with Crippen LogP contribution in [0.25, 0.3) is 10.6 Å². The highest BCUT2D eigenvalue weighted by molar-refractivity contribution is 7.99. The molecule has 1 amide bonds. The lowest BCUT2D eigenvalue weighted by molar-refractivity contribution is -0.132. The van der Waals surface area contributed by atoms with Crippen molar-refractivity contribution in [2.24, 2.45) is 11.7 Å². The Morgan fingerprint density at radius 3 is 3.21 bits per heavy atom. The fraction of sp³-hybridized carbons (Fsp3) is 0.529. The van der Waals surface area contributed by atoms with Crippen LogP contribution in [0.1, 0.15) is 25.5 Å². The van der Waals surface area contributed by atoms with Gasteiger partial charge in [-0.15, -0.1) is 23.1 Å². The lowest BCUT2D eigenvalue weighted by atomic mass is 9.92. The average molecular weight is 366 g/mol. The first-order valence-corrected chi connectivity index (χ1v) is 10.3. The number of carbonyl (C=O) groups is 1. The van der Waals surface area contributed by atoms with E-state index in [1.54, 1.807) is 23.1 Å². The number of aromatic nitrogens is 1. The normalized spacial score (nSPS) is 21.2. The number of carbonyl (C=O) groups excluding carboxylic acids is 1. The highest BCUT2D eigenvalue weighted by Crippen LogP contribution is 2.27. The van der Waals surface area contributed by atoms with Crippen molar-refractivity contribution in [1.82, 2.24) is 10.1 Å². The van der Waals surface area contributed by atoms with E-state index in [9.17, 15) is 4.79 Å². The van der Waals surface area contributed by atoms with E-state index < -0.39 is 0 Å². The maximum Gasteiger partial charge on any atom is 0.232 e. The van der Waals surface area contributed by atoms with Gasteiger partial charge in [0.25, 0.3) is 0 Å². The van der Waals surface area contributed by atoms with E-state index in [1.807, 2.05) is 28.5 Å². The molecule has 2 aromatic rings. The van der Waals surface area contributed by atoms with E-state index in [1.165, 1.54) is 0 Å². The summed E-state index contributed by atoms with van der Waals surface area (Å²) in [6.45, 7) is 3.61. The number of piperidine rings is 1. The zero-order chi connectivity index (χ0) is 16.9. The molecule has 2 aromatic heterocycles. The van der Waals surface area contributed by atoms with E-state index in [0.717, 1.165) is 35.7 Å². The first-order chi connectivity index (χ1) is 11.7. The fourth-order valence-electron chi connectivity index (χ4n) is 3.04. The van der Waals surface area contributed by atoms with Gasteiger partial charge in [-0.2, -0.15) is 0 Å². The molecular weight excluding hydrogens is 342 g/mol. The van der Waals surface area contributed by atoms with Crippen molar-refractivity contribution in [3.63, 3.8) is 0 Å². The summed E-state index contributed by atoms with van der Waals surface area (Å²) in [6, 6.07) is 6.15. The SMILES string of the molecule is CC1CCN(C(=O)CSCc2cc(-c3cccs3)on2)C(CN)C1. The van der Waals surface area contributed by atoms with Crippen LogP contribution in [0.4, 0.5) is 0 Å². The number of rotatable bonds is 6. The molecule has 1 fully saturated rings. The van der Waals surface area contributed by atoms with Gasteiger partial charge in [-0.3, -0.25) is 4.79 Å². The maximum atomic E-state index is 12.5. The molecule has 1 aliphatic rings. The Balaban J connectivity index is 1.48. The van der Waals surface area contributed by atoms with Gasteiger partial charge in [-0.1, -0.05) is 18.1 Å². The molecule has 24 heavy (non-hydrogen) atoms. The van der Waals surface area contributed by atoms with Crippen LogP contribution in [0.3, 0.4) is 0 Å². The van der Waals surface area contributed by atoms with E-state index in [4.69, 9.17) is 10.3 Å². The number of nitrogens with zero attached hydrogens (tertiary/aromatic N) is 2. The van der Waals surface area contributed by atoms with Crippen molar-refractivity contribution in [2.45, 2.75) is 31.6 Å². The van der Waals surface area contributed by atoms with Gasteiger partial charge < -0.3 is 15.2 Å². The minimum absolute atomic E-state index is 0.185. The second-order valence-electron chi connectivity index (χ2n) is 6.26. The summed E-state index contributed by atoms with van der Waals surface area (Å²) in [5.41, 5.74) is 6.71. The van der Waals surface area contributed by atoms with E-state index in [0.29, 0.717) is 24.0 Å². The number of hydrogen-bond donors (Lipinski definition) is 1. The first-order valence-electron chi connectivity index (χ1n) is 8.24. The monoisotopic (exact) mass is 365 g/mol. The Morgan fingerprint density at radius 1 is 1.58 bits per heavy atom. The number of likely N-dealkylation sites (tertiary alicyclic amines) is 1. The molecule has 0 aromatic carbocycles. The van der Waals surface area contributed by atoms with Gasteiger partial charge in [0, 0.05) is 31.0 Å². The average Bonchev–Trinajstić information content (AvgIpc) is 3.25. The highest BCUT2D eigenvalue weighted by atomic mass is 32.2. The zero-order valence-electron chi connectivity index (χ0n) is 13.8. The summed E-state index contributed by atoms with van der Waals surface area (Å²) < 4.78 is 5.36. The van der Waals surface area contributed by atoms with Crippen LogP contribution in [0, 0.1) is 5.92 Å². The van der Waals surface area contributed by atoms with Crippen molar-refractivity contribution in [1.29, 1.82) is 0 Å². The van der Waals surface area contributed by atoms with Crippen LogP contribution in [-0.4, -0.2) is 40.8 Å². The minimum atomic E-state index is 0.185. The molecule has 5 nitrogen and oxygen atoms in total. The molecule has 7 heteroatoms. The van der Waals surface area contributed by atoms with Crippen LogP contribution in [0.5, 0.6) is 0 Å². The Morgan fingerprint density at radius 2 is 2.46 bits per heavy atom. The predicted molar refractivity (Wildman–Crippen MR) is 98.9 cm³/mol. The van der Waals surface area contributed by atoms with E-state index in [2.05, 4.69) is 12.1 Å². The largest absolute Gasteiger partial charge is 0.355 e. The van der Waals surface area contributed by atoms with E-state index in [-0.39, 0.29) is 11.9 Å². The quantitative estimate of drug-likeness (QED) is 0.851. The summed E-state index contributed by atoms with van der Waals surface area (Å²) in [6.07, 6.45) is 2.08. The van der Waals surface area contributed by atoms with Crippen LogP contribution >= 0.6 is 23.1 Å². The van der Waals surface area contributed by atoms with Crippen molar-refractivity contribution in [3.05, 3.63) is 29.3 Å². The van der Waals surface area contributed by atoms with Gasteiger partial charge in [0.2, 0.25) is 5.91 Å². The number of thiophene rings is 1. The van der Waals surface area contributed by atoms with Gasteiger partial charge in [-0.05, 0) is 30.2 Å². The summed E-state index contributed by atoms with van der Waals surface area (Å²) >= 11 is 3.21. The summed E-state index contributed by atoms with van der Waals surface area (Å²) in [4.78, 5) is 15.5. The minimum Gasteiger partial charge on any atom is -0.355 e. The molecular formula is C17H23N3O2S2. The van der Waals surface area contributed by atoms with Gasteiger partial charge in [0.1, 0.15) is 0 Å². The molecule has 0 saturated carbocycles. The maximum absolute atomic E-state index is 12.5. The van der Waals surface area contributed by atoms with Crippen LogP contribution in [-0.2, 0) is 10.5 Å². The second kappa shape index (κ2) is 8.18. The van der Waals surface area contributed by atoms with Gasteiger partial charge in [-0.25, -0.2) is 0 Å². The van der Waals surface area contributed by atoms with Crippen molar-refractivity contribution in [3.8, 4) is 10.6 Å². The summed E-state index contributed by atoms with van der Waals surface area (Å²) in [5.74, 6) is 2.77. The lowest BCUT2D eigenvalue weighted by Gasteiger charge is -2.38. The summed E-state index contributed by atoms with van der Waals surface area (Å²) in [7, 11) is 0. The zero-order valence-corrected chi connectivity index (χ0v) is 15.4. The van der Waals surface area contributed by atoms with Crippen molar-refractivity contribution >= 4 is 29.0 Å². The number of amides is 1. The van der Waals surface area contributed by atoms with Gasteiger partial charge in [0.05, 0.1) is 16.3 Å². The smallest absolute Gasteiger partial charge is 0.232 e. The third-order valence-electron chi connectivity index (χ3n) is 4.37. The Hall–Kier alpha value is -1.31. The lowest BCUT2D eigenvalue weighted by Crippen LogP contribution is -2.49. The molecule has 1 aliphatic heterocycles. The third-order valence-corrected chi connectivity index (χ3v) is 6.20. The fourth-order valence-corrected chi connectivity index (χ4v) is 4.50. The standard InChI is InChI=1S/C17H23N3O2S2/c1-12-4-5-20(14(7-12)9-18)17(21)11-23-10-13-8-15(22-19-13)16-3-2-6-24-16/h2-3,6,8,12,14H,4-5,7,9-11,18H2,1H3. The molecule has 1 saturated heterocycles. The van der Waals surface area contributed by atoms with Crippen molar-refractivity contribution < 1.29 is 9.32 Å². The third kappa shape index (κ3) is 4.20. The molecule has 0 aliphatic carbocycles. The van der Waals surface area contributed by atoms with Crippen molar-refractivity contribution in [2.75, 3.05) is 18.8 Å². The van der Waals surface area contributed by atoms with Crippen LogP contribution in [0.15, 0.2) is 28.1 Å². The molecule has 0 radical (unpaired) electrons. The van der Waals surface area contributed by atoms with Gasteiger partial charge in [0.15, 0.2) is 5.76 Å². The summed E-state index contributed by atoms with van der Waals surface area (Å²) in [5, 5.41) is 6.10. The molecule has 2 unspecified atom stereocenters. The molecule has 3 rings (SSSR count). The molecule has 3 heterocycles. The second-order valence-corrected chi connectivity index (χ2v) is 8.19. The Kier molecular flexibility index (Phi) is 5.97. The Bertz CT molecular complexity index is 657. The van der Waals surface area contributed by atoms with Crippen LogP contribution < -0.4 is 5.73 Å². The molecule has 0 spiro atoms. The first kappa shape index (κ1) is 17.5. The van der Waals surface area contributed by atoms with E-state index >= 15 is 0 Å². The molecule has 2 atom stereocenters. The highest BCUT2D eigenvalue weighted by Gasteiger charge is 2.28. The predicted octanol–water partition coefficient (Wildman–Crippen LogP) is 3.22. The molecule has 130 valence electrons. The molecule has 2 N–H and O–H groups in total.